The number of rotatable bonds is 4. The largest absolute Gasteiger partial charge is 0.504 e. The Hall–Kier alpha value is -1.72. The Bertz CT molecular complexity index is 890. The van der Waals surface area contributed by atoms with Crippen LogP contribution in [0.1, 0.15) is 11.3 Å². The van der Waals surface area contributed by atoms with Crippen molar-refractivity contribution in [3.8, 4) is 11.8 Å². The molecule has 23 heavy (non-hydrogen) atoms. The molecule has 2 N–H and O–H groups in total. The topological polar surface area (TPSA) is 103 Å². The highest BCUT2D eigenvalue weighted by atomic mass is 35.5. The molecular weight excluding hydrogens is 385 g/mol. The van der Waals surface area contributed by atoms with Gasteiger partial charge in [-0.05, 0) is 23.8 Å². The second-order valence-electron chi connectivity index (χ2n) is 4.44. The number of nitrogens with zero attached hydrogens (tertiary/aromatic N) is 2. The summed E-state index contributed by atoms with van der Waals surface area (Å²) in [5.41, 5.74) is 0.136. The Morgan fingerprint density at radius 2 is 1.78 bits per heavy atom. The lowest BCUT2D eigenvalue weighted by Gasteiger charge is -2.10. The summed E-state index contributed by atoms with van der Waals surface area (Å²) in [4.78, 5) is 3.67. The average molecular weight is 393 g/mol. The van der Waals surface area contributed by atoms with E-state index in [0.29, 0.717) is 15.6 Å². The molecule has 6 nitrogen and oxygen atoms in total. The highest BCUT2D eigenvalue weighted by Crippen LogP contribution is 2.28. The monoisotopic (exact) mass is 391 g/mol. The molecule has 0 spiro atoms. The second kappa shape index (κ2) is 6.81. The van der Waals surface area contributed by atoms with Gasteiger partial charge >= 0.3 is 0 Å². The van der Waals surface area contributed by atoms with Crippen molar-refractivity contribution in [2.45, 2.75) is 5.75 Å². The molecular formula is C13H8Cl3N3O3S. The molecule has 0 amide bonds. The maximum Gasteiger partial charge on any atom is 0.238 e. The summed E-state index contributed by atoms with van der Waals surface area (Å²) in [5, 5.41) is 19.0. The maximum atomic E-state index is 12.2. The minimum absolute atomic E-state index is 0.0884. The minimum atomic E-state index is -3.92. The van der Waals surface area contributed by atoms with Crippen LogP contribution in [-0.4, -0.2) is 18.5 Å². The molecule has 1 aromatic heterocycles. The molecule has 0 saturated carbocycles. The van der Waals surface area contributed by atoms with E-state index in [1.807, 2.05) is 0 Å². The molecule has 0 saturated heterocycles. The summed E-state index contributed by atoms with van der Waals surface area (Å²) in [5.74, 6) is -1.33. The minimum Gasteiger partial charge on any atom is -0.504 e. The van der Waals surface area contributed by atoms with Crippen molar-refractivity contribution in [2.24, 2.45) is 0 Å². The van der Waals surface area contributed by atoms with Crippen molar-refractivity contribution >= 4 is 50.6 Å². The number of nitriles is 1. The first kappa shape index (κ1) is 17.6. The molecule has 0 atom stereocenters. The Morgan fingerprint density at radius 1 is 1.17 bits per heavy atom. The molecule has 1 heterocycles. The van der Waals surface area contributed by atoms with Crippen molar-refractivity contribution in [3.63, 3.8) is 0 Å². The van der Waals surface area contributed by atoms with Crippen molar-refractivity contribution in [2.75, 3.05) is 4.72 Å². The third-order valence-electron chi connectivity index (χ3n) is 2.59. The van der Waals surface area contributed by atoms with Crippen LogP contribution in [0, 0.1) is 11.3 Å². The molecule has 0 aliphatic rings. The number of hydrogen-bond donors (Lipinski definition) is 2. The number of aromatic nitrogens is 1. The van der Waals surface area contributed by atoms with Gasteiger partial charge < -0.3 is 5.11 Å². The van der Waals surface area contributed by atoms with Crippen molar-refractivity contribution < 1.29 is 13.5 Å². The number of aromatic hydroxyl groups is 1. The standard InChI is InChI=1S/C13H8Cl3N3O3S/c14-8-1-7(2-9(15)3-8)6-23(21,22)19-13-12(20)4-10(16)11(5-17)18-13/h1-4,20H,6H2,(H,18,19). The van der Waals surface area contributed by atoms with Gasteiger partial charge in [-0.25, -0.2) is 13.4 Å². The summed E-state index contributed by atoms with van der Waals surface area (Å²) in [6, 6.07) is 7.08. The van der Waals surface area contributed by atoms with Crippen molar-refractivity contribution in [3.05, 3.63) is 50.6 Å². The fourth-order valence-electron chi connectivity index (χ4n) is 1.73. The molecule has 0 unspecified atom stereocenters. The van der Waals surface area contributed by atoms with Crippen LogP contribution in [0.5, 0.6) is 5.75 Å². The van der Waals surface area contributed by atoms with Crippen LogP contribution in [0.25, 0.3) is 0 Å². The van der Waals surface area contributed by atoms with Crippen molar-refractivity contribution in [1.82, 2.24) is 4.98 Å². The SMILES string of the molecule is N#Cc1nc(NS(=O)(=O)Cc2cc(Cl)cc(Cl)c2)c(O)cc1Cl. The lowest BCUT2D eigenvalue weighted by Crippen LogP contribution is -2.16. The lowest BCUT2D eigenvalue weighted by molar-refractivity contribution is 0.475. The molecule has 0 bridgehead atoms. The maximum absolute atomic E-state index is 12.2. The van der Waals surface area contributed by atoms with E-state index in [0.717, 1.165) is 6.07 Å². The number of halogens is 3. The van der Waals surface area contributed by atoms with E-state index in [4.69, 9.17) is 40.1 Å². The molecule has 1 aromatic carbocycles. The quantitative estimate of drug-likeness (QED) is 0.828. The van der Waals surface area contributed by atoms with Gasteiger partial charge in [0.05, 0.1) is 10.8 Å². The van der Waals surface area contributed by atoms with Gasteiger partial charge in [0.15, 0.2) is 17.3 Å². The van der Waals surface area contributed by atoms with Gasteiger partial charge in [-0.1, -0.05) is 34.8 Å². The third kappa shape index (κ3) is 4.62. The molecule has 10 heteroatoms. The van der Waals surface area contributed by atoms with Gasteiger partial charge in [0.1, 0.15) is 6.07 Å². The van der Waals surface area contributed by atoms with E-state index in [1.165, 1.54) is 18.2 Å². The van der Waals surface area contributed by atoms with Gasteiger partial charge in [-0.2, -0.15) is 5.26 Å². The van der Waals surface area contributed by atoms with Crippen LogP contribution in [-0.2, 0) is 15.8 Å². The van der Waals surface area contributed by atoms with E-state index >= 15 is 0 Å². The molecule has 2 aromatic rings. The van der Waals surface area contributed by atoms with E-state index in [9.17, 15) is 13.5 Å². The summed E-state index contributed by atoms with van der Waals surface area (Å²) < 4.78 is 26.4. The summed E-state index contributed by atoms with van der Waals surface area (Å²) in [7, 11) is -3.92. The van der Waals surface area contributed by atoms with Crippen LogP contribution in [0.2, 0.25) is 15.1 Å². The fourth-order valence-corrected chi connectivity index (χ4v) is 3.61. The first-order valence-corrected chi connectivity index (χ1v) is 8.74. The average Bonchev–Trinajstić information content (AvgIpc) is 2.39. The normalized spacial score (nSPS) is 11.0. The third-order valence-corrected chi connectivity index (χ3v) is 4.54. The molecule has 0 radical (unpaired) electrons. The summed E-state index contributed by atoms with van der Waals surface area (Å²) in [6.45, 7) is 0. The highest BCUT2D eigenvalue weighted by Gasteiger charge is 2.18. The Morgan fingerprint density at radius 3 is 2.35 bits per heavy atom. The predicted molar refractivity (Wildman–Crippen MR) is 88.3 cm³/mol. The number of sulfonamides is 1. The number of benzene rings is 1. The Kier molecular flexibility index (Phi) is 5.22. The Balaban J connectivity index is 2.30. The smallest absolute Gasteiger partial charge is 0.238 e. The molecule has 0 aliphatic heterocycles. The van der Waals surface area contributed by atoms with E-state index in [2.05, 4.69) is 9.71 Å². The first-order chi connectivity index (χ1) is 10.7. The predicted octanol–water partition coefficient (Wildman–Crippen LogP) is 3.56. The van der Waals surface area contributed by atoms with Gasteiger partial charge in [0.25, 0.3) is 0 Å². The van der Waals surface area contributed by atoms with Crippen LogP contribution >= 0.6 is 34.8 Å². The zero-order chi connectivity index (χ0) is 17.2. The van der Waals surface area contributed by atoms with Gasteiger partial charge in [0, 0.05) is 16.1 Å². The number of nitrogens with one attached hydrogen (secondary N) is 1. The summed E-state index contributed by atoms with van der Waals surface area (Å²) in [6.07, 6.45) is 0. The van der Waals surface area contributed by atoms with E-state index in [1.54, 1.807) is 6.07 Å². The van der Waals surface area contributed by atoms with Crippen LogP contribution in [0.3, 0.4) is 0 Å². The van der Waals surface area contributed by atoms with E-state index in [-0.39, 0.29) is 16.5 Å². The lowest BCUT2D eigenvalue weighted by atomic mass is 10.2. The van der Waals surface area contributed by atoms with Crippen LogP contribution < -0.4 is 4.72 Å². The molecule has 120 valence electrons. The molecule has 0 fully saturated rings. The number of pyridine rings is 1. The number of hydrogen-bond acceptors (Lipinski definition) is 5. The number of anilines is 1. The highest BCUT2D eigenvalue weighted by molar-refractivity contribution is 7.91. The van der Waals surface area contributed by atoms with Gasteiger partial charge in [-0.15, -0.1) is 0 Å². The molecule has 0 aliphatic carbocycles. The summed E-state index contributed by atoms with van der Waals surface area (Å²) >= 11 is 17.3. The fraction of sp³-hybridized carbons (Fsp3) is 0.0769. The van der Waals surface area contributed by atoms with Crippen molar-refractivity contribution in [1.29, 1.82) is 5.26 Å². The van der Waals surface area contributed by atoms with E-state index < -0.39 is 21.5 Å². The zero-order valence-corrected chi connectivity index (χ0v) is 14.3. The Labute approximate surface area is 147 Å². The zero-order valence-electron chi connectivity index (χ0n) is 11.2. The molecule has 2 rings (SSSR count). The van der Waals surface area contributed by atoms with Gasteiger partial charge in [0.2, 0.25) is 10.0 Å². The van der Waals surface area contributed by atoms with Gasteiger partial charge in [-0.3, -0.25) is 4.72 Å². The second-order valence-corrected chi connectivity index (χ2v) is 7.44. The first-order valence-electron chi connectivity index (χ1n) is 5.95. The van der Waals surface area contributed by atoms with Crippen LogP contribution in [0.4, 0.5) is 5.82 Å². The van der Waals surface area contributed by atoms with Crippen LogP contribution in [0.15, 0.2) is 24.3 Å².